The Kier molecular flexibility index (Phi) is 8.40. The number of hydrogen-bond acceptors (Lipinski definition) is 7. The number of carbonyl (C=O) groups excluding carboxylic acids is 2. The Morgan fingerprint density at radius 3 is 2.38 bits per heavy atom. The average Bonchev–Trinajstić information content (AvgIpc) is 2.85. The molecule has 0 aromatic heterocycles. The highest BCUT2D eigenvalue weighted by atomic mass is 16.6. The van der Waals surface area contributed by atoms with E-state index >= 15 is 0 Å². The summed E-state index contributed by atoms with van der Waals surface area (Å²) in [7, 11) is 0. The highest BCUT2D eigenvalue weighted by Crippen LogP contribution is 2.48. The summed E-state index contributed by atoms with van der Waals surface area (Å²) < 4.78 is 11.6. The number of nitro benzene ring substituents is 1. The standard InChI is InChI=1S/C32H38N2O6/c1-8-39-31(36)30-25(17-40-32(5,6)7)33-24-15-22(27-19(3)12-18(2)13-20(27)4)16-26(35)29(24)28(30)21-10-9-11-23(14-21)34(37)38/h9-14,22,28,30H,8,15-17H2,1-7H3. The lowest BCUT2D eigenvalue weighted by molar-refractivity contribution is -0.384. The fourth-order valence-electron chi connectivity index (χ4n) is 6.12. The largest absolute Gasteiger partial charge is 0.465 e. The smallest absolute Gasteiger partial charge is 0.315 e. The molecular weight excluding hydrogens is 508 g/mol. The molecule has 2 aromatic rings. The molecule has 8 nitrogen and oxygen atoms in total. The van der Waals surface area contributed by atoms with E-state index in [4.69, 9.17) is 14.5 Å². The molecule has 1 heterocycles. The summed E-state index contributed by atoms with van der Waals surface area (Å²) >= 11 is 0. The van der Waals surface area contributed by atoms with Crippen molar-refractivity contribution in [1.82, 2.24) is 0 Å². The van der Waals surface area contributed by atoms with Crippen molar-refractivity contribution in [1.29, 1.82) is 0 Å². The second-order valence-electron chi connectivity index (χ2n) is 11.8. The van der Waals surface area contributed by atoms with E-state index in [-0.39, 0.29) is 37.0 Å². The van der Waals surface area contributed by atoms with Crippen LogP contribution in [0.4, 0.5) is 5.69 Å². The third-order valence-electron chi connectivity index (χ3n) is 7.54. The Bertz CT molecular complexity index is 1390. The number of Topliss-reactive ketones (excluding diaryl/α,β-unsaturated/α-hetero) is 1. The van der Waals surface area contributed by atoms with Crippen molar-refractivity contribution in [3.8, 4) is 0 Å². The number of rotatable bonds is 7. The number of aryl methyl sites for hydroxylation is 3. The topological polar surface area (TPSA) is 108 Å². The minimum Gasteiger partial charge on any atom is -0.465 e. The Balaban J connectivity index is 1.90. The second kappa shape index (κ2) is 11.5. The zero-order valence-electron chi connectivity index (χ0n) is 24.4. The van der Waals surface area contributed by atoms with Gasteiger partial charge in [0.25, 0.3) is 5.69 Å². The van der Waals surface area contributed by atoms with Gasteiger partial charge < -0.3 is 9.47 Å². The highest BCUT2D eigenvalue weighted by molar-refractivity contribution is 6.10. The number of nitrogens with zero attached hydrogens (tertiary/aromatic N) is 2. The van der Waals surface area contributed by atoms with Crippen LogP contribution in [0, 0.1) is 36.8 Å². The van der Waals surface area contributed by atoms with E-state index in [0.29, 0.717) is 29.0 Å². The molecule has 0 N–H and O–H groups in total. The van der Waals surface area contributed by atoms with Crippen LogP contribution in [0.5, 0.6) is 0 Å². The van der Waals surface area contributed by atoms with Crippen molar-refractivity contribution >= 4 is 23.2 Å². The minimum atomic E-state index is -0.939. The summed E-state index contributed by atoms with van der Waals surface area (Å²) in [6.07, 6.45) is 0.791. The molecule has 8 heteroatoms. The van der Waals surface area contributed by atoms with Crippen LogP contribution >= 0.6 is 0 Å². The first-order valence-electron chi connectivity index (χ1n) is 13.8. The molecule has 1 aliphatic heterocycles. The summed E-state index contributed by atoms with van der Waals surface area (Å²) in [4.78, 5) is 43.6. The first kappa shape index (κ1) is 29.3. The number of ketones is 1. The maximum atomic E-state index is 14.0. The van der Waals surface area contributed by atoms with Crippen LogP contribution in [0.3, 0.4) is 0 Å². The van der Waals surface area contributed by atoms with E-state index < -0.39 is 28.3 Å². The van der Waals surface area contributed by atoms with Gasteiger partial charge in [0.1, 0.15) is 5.92 Å². The molecule has 0 saturated heterocycles. The molecular formula is C32H38N2O6. The molecule has 2 aromatic carbocycles. The number of hydrogen-bond donors (Lipinski definition) is 0. The van der Waals surface area contributed by atoms with Crippen molar-refractivity contribution in [2.24, 2.45) is 10.9 Å². The Labute approximate surface area is 235 Å². The quantitative estimate of drug-likeness (QED) is 0.224. The summed E-state index contributed by atoms with van der Waals surface area (Å²) in [6.45, 7) is 13.9. The summed E-state index contributed by atoms with van der Waals surface area (Å²) in [6, 6.07) is 10.4. The molecule has 0 fully saturated rings. The predicted octanol–water partition coefficient (Wildman–Crippen LogP) is 6.45. The van der Waals surface area contributed by atoms with E-state index in [0.717, 1.165) is 16.7 Å². The van der Waals surface area contributed by atoms with Crippen LogP contribution in [0.15, 0.2) is 52.7 Å². The van der Waals surface area contributed by atoms with Crippen LogP contribution in [-0.2, 0) is 19.1 Å². The van der Waals surface area contributed by atoms with Gasteiger partial charge in [0, 0.05) is 35.7 Å². The summed E-state index contributed by atoms with van der Waals surface area (Å²) in [5.74, 6) is -2.40. The molecule has 3 atom stereocenters. The normalized spacial score (nSPS) is 21.1. The van der Waals surface area contributed by atoms with Gasteiger partial charge in [-0.25, -0.2) is 0 Å². The van der Waals surface area contributed by atoms with Crippen LogP contribution in [0.25, 0.3) is 0 Å². The molecule has 212 valence electrons. The molecule has 2 aliphatic rings. The predicted molar refractivity (Wildman–Crippen MR) is 154 cm³/mol. The number of nitro groups is 1. The zero-order valence-corrected chi connectivity index (χ0v) is 24.4. The Morgan fingerprint density at radius 1 is 1.10 bits per heavy atom. The lowest BCUT2D eigenvalue weighted by atomic mass is 9.68. The minimum absolute atomic E-state index is 0.0645. The van der Waals surface area contributed by atoms with Crippen molar-refractivity contribution in [2.45, 2.75) is 78.7 Å². The van der Waals surface area contributed by atoms with Crippen molar-refractivity contribution in [3.63, 3.8) is 0 Å². The van der Waals surface area contributed by atoms with E-state index in [2.05, 4.69) is 32.9 Å². The highest BCUT2D eigenvalue weighted by Gasteiger charge is 2.46. The summed E-state index contributed by atoms with van der Waals surface area (Å²) in [5, 5.41) is 11.7. The first-order valence-corrected chi connectivity index (χ1v) is 13.8. The Hall–Kier alpha value is -3.65. The number of non-ortho nitro benzene ring substituents is 1. The fourth-order valence-corrected chi connectivity index (χ4v) is 6.12. The molecule has 1 aliphatic carbocycles. The van der Waals surface area contributed by atoms with E-state index in [1.165, 1.54) is 17.7 Å². The fraction of sp³-hybridized carbons (Fsp3) is 0.469. The molecule has 40 heavy (non-hydrogen) atoms. The van der Waals surface area contributed by atoms with E-state index in [1.807, 2.05) is 20.8 Å². The lowest BCUT2D eigenvalue weighted by Gasteiger charge is -2.38. The van der Waals surface area contributed by atoms with Gasteiger partial charge in [0.05, 0.1) is 29.4 Å². The van der Waals surface area contributed by atoms with Crippen LogP contribution in [0.2, 0.25) is 0 Å². The van der Waals surface area contributed by atoms with Gasteiger partial charge in [-0.15, -0.1) is 0 Å². The Morgan fingerprint density at radius 2 is 1.77 bits per heavy atom. The number of benzene rings is 2. The SMILES string of the molecule is CCOC(=O)C1C(COC(C)(C)C)=NC2=C(C(=O)CC(c3c(C)cc(C)cc3C)C2)C1c1cccc([N+](=O)[O-])c1. The number of ether oxygens (including phenoxy) is 2. The number of aliphatic imine (C=N–C) groups is 1. The maximum Gasteiger partial charge on any atom is 0.315 e. The van der Waals surface area contributed by atoms with Gasteiger partial charge >= 0.3 is 5.97 Å². The third-order valence-corrected chi connectivity index (χ3v) is 7.54. The molecule has 0 spiro atoms. The molecule has 0 amide bonds. The van der Waals surface area contributed by atoms with Crippen molar-refractivity contribution < 1.29 is 24.0 Å². The first-order chi connectivity index (χ1) is 18.8. The second-order valence-corrected chi connectivity index (χ2v) is 11.8. The van der Waals surface area contributed by atoms with Gasteiger partial charge in [-0.2, -0.15) is 0 Å². The van der Waals surface area contributed by atoms with Crippen LogP contribution in [0.1, 0.15) is 80.2 Å². The van der Waals surface area contributed by atoms with Gasteiger partial charge in [-0.05, 0) is 83.1 Å². The zero-order chi connectivity index (χ0) is 29.4. The molecule has 0 saturated carbocycles. The number of carbonyl (C=O) groups is 2. The monoisotopic (exact) mass is 546 g/mol. The van der Waals surface area contributed by atoms with E-state index in [1.54, 1.807) is 19.1 Å². The number of esters is 1. The van der Waals surface area contributed by atoms with E-state index in [9.17, 15) is 19.7 Å². The van der Waals surface area contributed by atoms with Gasteiger partial charge in [0.15, 0.2) is 5.78 Å². The van der Waals surface area contributed by atoms with Crippen molar-refractivity contribution in [2.75, 3.05) is 13.2 Å². The summed E-state index contributed by atoms with van der Waals surface area (Å²) in [5.41, 5.74) is 6.01. The number of allylic oxidation sites excluding steroid dienone is 2. The molecule has 0 radical (unpaired) electrons. The van der Waals surface area contributed by atoms with Crippen LogP contribution < -0.4 is 0 Å². The molecule has 3 unspecified atom stereocenters. The van der Waals surface area contributed by atoms with Crippen LogP contribution in [-0.4, -0.2) is 41.2 Å². The molecule has 4 rings (SSSR count). The maximum absolute atomic E-state index is 14.0. The molecule has 0 bridgehead atoms. The van der Waals surface area contributed by atoms with Gasteiger partial charge in [-0.1, -0.05) is 29.8 Å². The lowest BCUT2D eigenvalue weighted by Crippen LogP contribution is -2.41. The van der Waals surface area contributed by atoms with Gasteiger partial charge in [0.2, 0.25) is 0 Å². The van der Waals surface area contributed by atoms with Crippen molar-refractivity contribution in [3.05, 3.63) is 85.6 Å². The average molecular weight is 547 g/mol. The third kappa shape index (κ3) is 6.07. The van der Waals surface area contributed by atoms with Gasteiger partial charge in [-0.3, -0.25) is 24.7 Å².